The first-order valence-corrected chi connectivity index (χ1v) is 8.45. The van der Waals surface area contributed by atoms with Crippen LogP contribution in [-0.4, -0.2) is 23.5 Å². The fraction of sp³-hybridized carbons (Fsp3) is 0. The number of nitrogens with two attached hydrogens (primary N) is 2. The second kappa shape index (κ2) is 10.8. The standard InChI is InChI=1S/C20H18N6O3.2ClH/c21-17(22)11-1-5-13(6-2-11)25-19(27)15-9-10-16(29-15)20(28)26-14-7-3-12(4-8-14)18(23)24;;/h1-10H,(H3,21,22)(H3,23,24)(H,25,27)(H,26,28);2*1H/p-2. The van der Waals surface area contributed by atoms with E-state index in [2.05, 4.69) is 10.6 Å². The van der Waals surface area contributed by atoms with Crippen molar-refractivity contribution < 1.29 is 38.8 Å². The molecule has 8 N–H and O–H groups in total. The second-order valence-electron chi connectivity index (χ2n) is 6.05. The molecule has 1 aromatic heterocycles. The summed E-state index contributed by atoms with van der Waals surface area (Å²) in [5.41, 5.74) is 12.8. The number of hydrogen-bond acceptors (Lipinski definition) is 5. The quantitative estimate of drug-likeness (QED) is 0.164. The van der Waals surface area contributed by atoms with Gasteiger partial charge in [0.05, 0.1) is 0 Å². The van der Waals surface area contributed by atoms with Crippen LogP contribution < -0.4 is 46.9 Å². The summed E-state index contributed by atoms with van der Waals surface area (Å²) < 4.78 is 5.34. The zero-order valence-electron chi connectivity index (χ0n) is 15.9. The third-order valence-electron chi connectivity index (χ3n) is 3.96. The van der Waals surface area contributed by atoms with E-state index in [0.717, 1.165) is 0 Å². The summed E-state index contributed by atoms with van der Waals surface area (Å²) >= 11 is 0. The number of furan rings is 1. The Morgan fingerprint density at radius 3 is 1.26 bits per heavy atom. The Hall–Kier alpha value is -3.82. The van der Waals surface area contributed by atoms with Crippen LogP contribution in [0.1, 0.15) is 32.2 Å². The number of carbonyl (C=O) groups excluding carboxylic acids is 2. The van der Waals surface area contributed by atoms with Gasteiger partial charge < -0.3 is 51.3 Å². The third kappa shape index (κ3) is 6.33. The summed E-state index contributed by atoms with van der Waals surface area (Å²) in [4.78, 5) is 24.6. The van der Waals surface area contributed by atoms with Crippen LogP contribution in [-0.2, 0) is 0 Å². The van der Waals surface area contributed by atoms with Crippen LogP contribution in [0.2, 0.25) is 0 Å². The van der Waals surface area contributed by atoms with Crippen LogP contribution in [0.15, 0.2) is 65.1 Å². The molecule has 0 saturated heterocycles. The molecule has 0 aliphatic heterocycles. The number of nitrogen functional groups attached to an aromatic ring is 2. The van der Waals surface area contributed by atoms with E-state index in [9.17, 15) is 9.59 Å². The SMILES string of the molecule is N=C(N)c1ccc(NC(=O)c2ccc(C(=O)Nc3ccc(C(=N)N)cc3)o2)cc1.[Cl-].[Cl-]. The van der Waals surface area contributed by atoms with Crippen molar-refractivity contribution in [2.75, 3.05) is 10.6 Å². The number of halogens is 2. The van der Waals surface area contributed by atoms with Crippen molar-refractivity contribution in [3.63, 3.8) is 0 Å². The summed E-state index contributed by atoms with van der Waals surface area (Å²) in [6.07, 6.45) is 0. The van der Waals surface area contributed by atoms with Crippen molar-refractivity contribution >= 4 is 34.9 Å². The van der Waals surface area contributed by atoms with Gasteiger partial charge in [-0.3, -0.25) is 20.4 Å². The maximum atomic E-state index is 12.3. The number of amides is 2. The summed E-state index contributed by atoms with van der Waals surface area (Å²) in [5.74, 6) is -1.24. The van der Waals surface area contributed by atoms with E-state index in [0.29, 0.717) is 22.5 Å². The normalized spacial score (nSPS) is 9.55. The van der Waals surface area contributed by atoms with Crippen molar-refractivity contribution in [2.24, 2.45) is 11.5 Å². The molecular weight excluding hydrogens is 443 g/mol. The fourth-order valence-corrected chi connectivity index (χ4v) is 2.43. The topological polar surface area (TPSA) is 171 Å². The van der Waals surface area contributed by atoms with Crippen molar-refractivity contribution in [1.82, 2.24) is 0 Å². The molecule has 0 fully saturated rings. The molecule has 2 aromatic carbocycles. The highest BCUT2D eigenvalue weighted by Crippen LogP contribution is 2.16. The van der Waals surface area contributed by atoms with Crippen LogP contribution in [0.5, 0.6) is 0 Å². The highest BCUT2D eigenvalue weighted by molar-refractivity contribution is 6.06. The summed E-state index contributed by atoms with van der Waals surface area (Å²) in [5, 5.41) is 20.0. The molecule has 1 heterocycles. The van der Waals surface area contributed by atoms with Gasteiger partial charge in [0.2, 0.25) is 0 Å². The lowest BCUT2D eigenvalue weighted by atomic mass is 10.2. The molecule has 31 heavy (non-hydrogen) atoms. The Labute approximate surface area is 190 Å². The predicted molar refractivity (Wildman–Crippen MR) is 110 cm³/mol. The average Bonchev–Trinajstić information content (AvgIpc) is 3.19. The third-order valence-corrected chi connectivity index (χ3v) is 3.96. The molecule has 0 bridgehead atoms. The first-order chi connectivity index (χ1) is 13.8. The van der Waals surface area contributed by atoms with Gasteiger partial charge in [0.25, 0.3) is 11.8 Å². The molecule has 0 radical (unpaired) electrons. The molecule has 0 atom stereocenters. The Morgan fingerprint density at radius 2 is 0.968 bits per heavy atom. The van der Waals surface area contributed by atoms with E-state index >= 15 is 0 Å². The molecule has 0 aliphatic rings. The Bertz CT molecular complexity index is 1010. The van der Waals surface area contributed by atoms with Gasteiger partial charge in [0.15, 0.2) is 11.5 Å². The number of amidine groups is 2. The average molecular weight is 461 g/mol. The smallest absolute Gasteiger partial charge is 0.291 e. The Kier molecular flexibility index (Phi) is 8.80. The highest BCUT2D eigenvalue weighted by atomic mass is 35.5. The molecule has 0 saturated carbocycles. The predicted octanol–water partition coefficient (Wildman–Crippen LogP) is -3.64. The molecule has 3 rings (SSSR count). The van der Waals surface area contributed by atoms with Gasteiger partial charge in [-0.15, -0.1) is 0 Å². The van der Waals surface area contributed by atoms with Crippen LogP contribution in [0.25, 0.3) is 0 Å². The van der Waals surface area contributed by atoms with E-state index in [1.165, 1.54) is 12.1 Å². The molecule has 0 aliphatic carbocycles. The molecule has 2 amide bonds. The van der Waals surface area contributed by atoms with Gasteiger partial charge in [0.1, 0.15) is 11.7 Å². The van der Waals surface area contributed by atoms with Gasteiger partial charge in [-0.05, 0) is 60.7 Å². The van der Waals surface area contributed by atoms with E-state index in [1.54, 1.807) is 48.5 Å². The van der Waals surface area contributed by atoms with Crippen molar-refractivity contribution in [3.8, 4) is 0 Å². The van der Waals surface area contributed by atoms with E-state index in [-0.39, 0.29) is 48.0 Å². The number of anilines is 2. The van der Waals surface area contributed by atoms with Gasteiger partial charge >= 0.3 is 0 Å². The number of nitrogens with one attached hydrogen (secondary N) is 4. The number of rotatable bonds is 6. The second-order valence-corrected chi connectivity index (χ2v) is 6.05. The first kappa shape index (κ1) is 25.2. The van der Waals surface area contributed by atoms with Gasteiger partial charge in [-0.2, -0.15) is 0 Å². The molecule has 0 spiro atoms. The lowest BCUT2D eigenvalue weighted by molar-refractivity contribution is -0.001000. The minimum atomic E-state index is -0.523. The first-order valence-electron chi connectivity index (χ1n) is 8.45. The zero-order chi connectivity index (χ0) is 21.0. The van der Waals surface area contributed by atoms with Crippen LogP contribution in [0, 0.1) is 10.8 Å². The van der Waals surface area contributed by atoms with E-state index in [1.807, 2.05) is 0 Å². The minimum absolute atomic E-state index is 0. The Morgan fingerprint density at radius 1 is 0.645 bits per heavy atom. The largest absolute Gasteiger partial charge is 1.00 e. The Balaban J connectivity index is 0.00000240. The maximum absolute atomic E-state index is 12.3. The molecule has 11 heteroatoms. The van der Waals surface area contributed by atoms with Crippen molar-refractivity contribution in [1.29, 1.82) is 10.8 Å². The van der Waals surface area contributed by atoms with Gasteiger partial charge in [-0.25, -0.2) is 0 Å². The van der Waals surface area contributed by atoms with Gasteiger partial charge in [0, 0.05) is 22.5 Å². The van der Waals surface area contributed by atoms with Crippen molar-refractivity contribution in [2.45, 2.75) is 0 Å². The number of benzene rings is 2. The van der Waals surface area contributed by atoms with Gasteiger partial charge in [-0.1, -0.05) is 0 Å². The zero-order valence-corrected chi connectivity index (χ0v) is 17.4. The van der Waals surface area contributed by atoms with Crippen LogP contribution in [0.3, 0.4) is 0 Å². The van der Waals surface area contributed by atoms with Crippen LogP contribution >= 0.6 is 0 Å². The molecule has 0 unspecified atom stereocenters. The molecule has 162 valence electrons. The number of carbonyl (C=O) groups is 2. The number of hydrogen-bond donors (Lipinski definition) is 6. The molecule has 9 nitrogen and oxygen atoms in total. The minimum Gasteiger partial charge on any atom is -1.00 e. The summed E-state index contributed by atoms with van der Waals surface area (Å²) in [6, 6.07) is 15.6. The summed E-state index contributed by atoms with van der Waals surface area (Å²) in [6.45, 7) is 0. The van der Waals surface area contributed by atoms with Crippen LogP contribution in [0.4, 0.5) is 11.4 Å². The fourth-order valence-electron chi connectivity index (χ4n) is 2.43. The lowest BCUT2D eigenvalue weighted by Gasteiger charge is -2.05. The summed E-state index contributed by atoms with van der Waals surface area (Å²) in [7, 11) is 0. The van der Waals surface area contributed by atoms with E-state index < -0.39 is 11.8 Å². The van der Waals surface area contributed by atoms with E-state index in [4.69, 9.17) is 26.7 Å². The monoisotopic (exact) mass is 460 g/mol. The highest BCUT2D eigenvalue weighted by Gasteiger charge is 2.16. The molecule has 3 aromatic rings. The maximum Gasteiger partial charge on any atom is 0.291 e. The lowest BCUT2D eigenvalue weighted by Crippen LogP contribution is -3.00. The van der Waals surface area contributed by atoms with Crippen molar-refractivity contribution in [3.05, 3.63) is 83.3 Å². The molecular formula is C20H18Cl2N6O3-2.